The molecule has 1 atom stereocenters. The summed E-state index contributed by atoms with van der Waals surface area (Å²) in [6, 6.07) is 5.16. The van der Waals surface area contributed by atoms with Gasteiger partial charge in [-0.3, -0.25) is 9.36 Å². The first kappa shape index (κ1) is 18.7. The van der Waals surface area contributed by atoms with E-state index in [1.165, 1.54) is 16.7 Å². The van der Waals surface area contributed by atoms with Crippen LogP contribution in [0.1, 0.15) is 36.3 Å². The van der Waals surface area contributed by atoms with Crippen LogP contribution in [0.5, 0.6) is 0 Å². The highest BCUT2D eigenvalue weighted by atomic mass is 19.4. The van der Waals surface area contributed by atoms with Crippen LogP contribution in [0.25, 0.3) is 0 Å². The van der Waals surface area contributed by atoms with Crippen LogP contribution < -0.4 is 11.0 Å². The lowest BCUT2D eigenvalue weighted by Gasteiger charge is -2.20. The molecule has 0 aliphatic heterocycles. The Morgan fingerprint density at radius 2 is 1.96 bits per heavy atom. The number of halogens is 3. The molecule has 5 nitrogen and oxygen atoms in total. The summed E-state index contributed by atoms with van der Waals surface area (Å²) in [5.74, 6) is -0.572. The Morgan fingerprint density at radius 3 is 2.52 bits per heavy atom. The minimum Gasteiger partial charge on any atom is -0.324 e. The third-order valence-corrected chi connectivity index (χ3v) is 3.73. The molecule has 1 aromatic heterocycles. The number of nitrogens with zero attached hydrogens (tertiary/aromatic N) is 2. The fourth-order valence-electron chi connectivity index (χ4n) is 2.62. The first-order valence-electron chi connectivity index (χ1n) is 7.68. The number of carbonyl (C=O) groups excluding carboxylic acids is 1. The van der Waals surface area contributed by atoms with E-state index >= 15 is 0 Å². The zero-order chi connectivity index (χ0) is 18.8. The van der Waals surface area contributed by atoms with Crippen molar-refractivity contribution in [3.05, 3.63) is 57.8 Å². The zero-order valence-corrected chi connectivity index (χ0v) is 14.0. The van der Waals surface area contributed by atoms with E-state index in [4.69, 9.17) is 0 Å². The molecule has 0 aliphatic rings. The zero-order valence-electron chi connectivity index (χ0n) is 14.0. The highest BCUT2D eigenvalue weighted by Crippen LogP contribution is 2.30. The Kier molecular flexibility index (Phi) is 5.30. The minimum atomic E-state index is -4.50. The van der Waals surface area contributed by atoms with E-state index in [1.54, 1.807) is 26.8 Å². The van der Waals surface area contributed by atoms with Gasteiger partial charge in [0.2, 0.25) is 5.91 Å². The summed E-state index contributed by atoms with van der Waals surface area (Å²) in [6.07, 6.45) is -4.21. The number of nitrogens with one attached hydrogen (secondary N) is 1. The Bertz CT molecular complexity index is 844. The monoisotopic (exact) mass is 353 g/mol. The van der Waals surface area contributed by atoms with E-state index < -0.39 is 29.4 Å². The second-order valence-corrected chi connectivity index (χ2v) is 5.68. The molecular weight excluding hydrogens is 335 g/mol. The third kappa shape index (κ3) is 4.26. The fourth-order valence-corrected chi connectivity index (χ4v) is 2.62. The average Bonchev–Trinajstić information content (AvgIpc) is 2.50. The number of rotatable bonds is 4. The molecule has 1 amide bonds. The van der Waals surface area contributed by atoms with Gasteiger partial charge >= 0.3 is 11.9 Å². The highest BCUT2D eigenvalue weighted by Gasteiger charge is 2.31. The third-order valence-electron chi connectivity index (χ3n) is 3.73. The first-order valence-corrected chi connectivity index (χ1v) is 7.68. The SMILES string of the molecule is CCC(C(=O)Nc1cccc(C(F)(F)F)c1)n1c(C)cc(C)nc1=O. The van der Waals surface area contributed by atoms with Gasteiger partial charge in [-0.1, -0.05) is 13.0 Å². The molecule has 0 aliphatic carbocycles. The second-order valence-electron chi connectivity index (χ2n) is 5.68. The van der Waals surface area contributed by atoms with Gasteiger partial charge in [-0.05, 0) is 44.5 Å². The fraction of sp³-hybridized carbons (Fsp3) is 0.353. The Labute approximate surface area is 142 Å². The highest BCUT2D eigenvalue weighted by molar-refractivity contribution is 5.93. The topological polar surface area (TPSA) is 64.0 Å². The molecule has 0 spiro atoms. The van der Waals surface area contributed by atoms with Gasteiger partial charge in [-0.2, -0.15) is 18.2 Å². The maximum atomic E-state index is 12.8. The molecular formula is C17H18F3N3O2. The summed E-state index contributed by atoms with van der Waals surface area (Å²) in [6.45, 7) is 5.06. The van der Waals surface area contributed by atoms with Crippen LogP contribution in [0, 0.1) is 13.8 Å². The molecule has 25 heavy (non-hydrogen) atoms. The molecule has 2 aromatic rings. The summed E-state index contributed by atoms with van der Waals surface area (Å²) < 4.78 is 39.6. The number of hydrogen-bond acceptors (Lipinski definition) is 3. The summed E-state index contributed by atoms with van der Waals surface area (Å²) in [5.41, 5.74) is -0.313. The van der Waals surface area contributed by atoms with Crippen LogP contribution in [-0.4, -0.2) is 15.5 Å². The van der Waals surface area contributed by atoms with Crippen LogP contribution in [-0.2, 0) is 11.0 Å². The number of alkyl halides is 3. The van der Waals surface area contributed by atoms with Crippen molar-refractivity contribution in [3.63, 3.8) is 0 Å². The standard InChI is InChI=1S/C17H18F3N3O2/c1-4-14(23-11(3)8-10(2)21-16(23)25)15(24)22-13-7-5-6-12(9-13)17(18,19)20/h5-9,14H,4H2,1-3H3,(H,22,24). The summed E-state index contributed by atoms with van der Waals surface area (Å²) >= 11 is 0. The minimum absolute atomic E-state index is 0.0176. The van der Waals surface area contributed by atoms with Gasteiger partial charge in [-0.25, -0.2) is 4.79 Å². The van der Waals surface area contributed by atoms with E-state index in [9.17, 15) is 22.8 Å². The van der Waals surface area contributed by atoms with Gasteiger partial charge in [0, 0.05) is 17.1 Å². The Morgan fingerprint density at radius 1 is 1.28 bits per heavy atom. The lowest BCUT2D eigenvalue weighted by atomic mass is 10.1. The molecule has 8 heteroatoms. The van der Waals surface area contributed by atoms with Crippen LogP contribution in [0.4, 0.5) is 18.9 Å². The molecule has 0 radical (unpaired) electrons. The number of amides is 1. The van der Waals surface area contributed by atoms with Gasteiger partial charge in [0.05, 0.1) is 5.56 Å². The van der Waals surface area contributed by atoms with Crippen molar-refractivity contribution in [2.75, 3.05) is 5.32 Å². The second kappa shape index (κ2) is 7.08. The molecule has 0 bridgehead atoms. The summed E-state index contributed by atoms with van der Waals surface area (Å²) in [7, 11) is 0. The van der Waals surface area contributed by atoms with Gasteiger partial charge in [-0.15, -0.1) is 0 Å². The maximum absolute atomic E-state index is 12.8. The normalized spacial score (nSPS) is 12.7. The van der Waals surface area contributed by atoms with Crippen molar-refractivity contribution in [2.45, 2.75) is 39.4 Å². The van der Waals surface area contributed by atoms with Crippen molar-refractivity contribution in [1.82, 2.24) is 9.55 Å². The molecule has 1 heterocycles. The van der Waals surface area contributed by atoms with E-state index in [0.717, 1.165) is 12.1 Å². The van der Waals surface area contributed by atoms with Crippen LogP contribution in [0.3, 0.4) is 0 Å². The Hall–Kier alpha value is -2.64. The molecule has 1 unspecified atom stereocenters. The number of anilines is 1. The smallest absolute Gasteiger partial charge is 0.324 e. The van der Waals surface area contributed by atoms with Crippen molar-refractivity contribution in [3.8, 4) is 0 Å². The quantitative estimate of drug-likeness (QED) is 0.915. The predicted molar refractivity (Wildman–Crippen MR) is 87.4 cm³/mol. The summed E-state index contributed by atoms with van der Waals surface area (Å²) in [5, 5.41) is 2.45. The van der Waals surface area contributed by atoms with Crippen LogP contribution >= 0.6 is 0 Å². The number of aromatic nitrogens is 2. The van der Waals surface area contributed by atoms with E-state index in [-0.39, 0.29) is 12.1 Å². The van der Waals surface area contributed by atoms with Crippen molar-refractivity contribution in [1.29, 1.82) is 0 Å². The summed E-state index contributed by atoms with van der Waals surface area (Å²) in [4.78, 5) is 28.5. The average molecular weight is 353 g/mol. The van der Waals surface area contributed by atoms with Crippen LogP contribution in [0.2, 0.25) is 0 Å². The van der Waals surface area contributed by atoms with Crippen LogP contribution in [0.15, 0.2) is 35.1 Å². The van der Waals surface area contributed by atoms with E-state index in [2.05, 4.69) is 10.3 Å². The molecule has 2 rings (SSSR count). The molecule has 134 valence electrons. The van der Waals surface area contributed by atoms with Gasteiger partial charge in [0.25, 0.3) is 0 Å². The molecule has 1 aromatic carbocycles. The van der Waals surface area contributed by atoms with E-state index in [0.29, 0.717) is 11.4 Å². The maximum Gasteiger partial charge on any atom is 0.416 e. The lowest BCUT2D eigenvalue weighted by molar-refractivity contribution is -0.137. The van der Waals surface area contributed by atoms with Crippen molar-refractivity contribution < 1.29 is 18.0 Å². The van der Waals surface area contributed by atoms with Crippen molar-refractivity contribution >= 4 is 11.6 Å². The largest absolute Gasteiger partial charge is 0.416 e. The molecule has 0 saturated heterocycles. The number of hydrogen-bond donors (Lipinski definition) is 1. The number of benzene rings is 1. The van der Waals surface area contributed by atoms with Gasteiger partial charge in [0.15, 0.2) is 0 Å². The number of aryl methyl sites for hydroxylation is 2. The predicted octanol–water partition coefficient (Wildman–Crippen LogP) is 3.47. The van der Waals surface area contributed by atoms with Gasteiger partial charge in [0.1, 0.15) is 6.04 Å². The first-order chi connectivity index (χ1) is 11.6. The van der Waals surface area contributed by atoms with E-state index in [1.807, 2.05) is 0 Å². The van der Waals surface area contributed by atoms with Gasteiger partial charge < -0.3 is 5.32 Å². The van der Waals surface area contributed by atoms with Crippen molar-refractivity contribution in [2.24, 2.45) is 0 Å². The Balaban J connectivity index is 2.32. The molecule has 0 saturated carbocycles. The number of carbonyl (C=O) groups is 1. The molecule has 0 fully saturated rings. The molecule has 1 N–H and O–H groups in total. The lowest BCUT2D eigenvalue weighted by Crippen LogP contribution is -2.36.